The molecule has 0 aromatic heterocycles. The van der Waals surface area contributed by atoms with E-state index in [9.17, 15) is 22.0 Å². The number of rotatable bonds is 14. The lowest BCUT2D eigenvalue weighted by Crippen LogP contribution is -2.49. The summed E-state index contributed by atoms with van der Waals surface area (Å²) in [4.78, 5) is 22.7. The lowest BCUT2D eigenvalue weighted by atomic mass is 10.0. The van der Waals surface area contributed by atoms with Crippen LogP contribution in [0.5, 0.6) is 5.75 Å². The molecule has 3 aromatic carbocycles. The van der Waals surface area contributed by atoms with Gasteiger partial charge >= 0.3 is 6.03 Å². The van der Waals surface area contributed by atoms with Crippen molar-refractivity contribution in [1.82, 2.24) is 14.7 Å². The number of anilines is 1. The zero-order chi connectivity index (χ0) is 31.5. The first-order valence-electron chi connectivity index (χ1n) is 14.8. The molecule has 1 aliphatic heterocycles. The van der Waals surface area contributed by atoms with E-state index in [2.05, 4.69) is 10.2 Å². The Kier molecular flexibility index (Phi) is 12.1. The summed E-state index contributed by atoms with van der Waals surface area (Å²) >= 11 is 0. The zero-order valence-corrected chi connectivity index (χ0v) is 25.9. The summed E-state index contributed by atoms with van der Waals surface area (Å²) in [7, 11) is -2.40. The summed E-state index contributed by atoms with van der Waals surface area (Å²) < 4.78 is 60.2. The maximum Gasteiger partial charge on any atom is 0.322 e. The summed E-state index contributed by atoms with van der Waals surface area (Å²) in [5, 5.41) is 3.04. The maximum absolute atomic E-state index is 14.5. The molecule has 1 fully saturated rings. The Morgan fingerprint density at radius 3 is 2.34 bits per heavy atom. The number of ether oxygens (including phenoxy) is 1. The molecule has 238 valence electrons. The van der Waals surface area contributed by atoms with Gasteiger partial charge in [-0.25, -0.2) is 22.0 Å². The van der Waals surface area contributed by atoms with Gasteiger partial charge in [-0.3, -0.25) is 9.80 Å². The number of halogens is 2. The predicted octanol–water partition coefficient (Wildman–Crippen LogP) is 5.58. The number of carbonyl (C=O) groups excluding carboxylic acids is 1. The lowest BCUT2D eigenvalue weighted by molar-refractivity contribution is 0.0143. The van der Waals surface area contributed by atoms with Crippen molar-refractivity contribution in [3.63, 3.8) is 0 Å². The lowest BCUT2D eigenvalue weighted by Gasteiger charge is -2.34. The SMILES string of the molecule is CCCCN(C(=O)NC1CCN(Cc2ccc(ON(CCOC)S(=O)(=O)c3ccccc3)cc2)CC1)c1ccc(F)cc1F. The molecule has 0 unspecified atom stereocenters. The van der Waals surface area contributed by atoms with Gasteiger partial charge in [-0.05, 0) is 65.7 Å². The number of piperidine rings is 1. The summed E-state index contributed by atoms with van der Waals surface area (Å²) in [6.07, 6.45) is 2.98. The summed E-state index contributed by atoms with van der Waals surface area (Å²) in [5.41, 5.74) is 1.11. The van der Waals surface area contributed by atoms with E-state index >= 15 is 0 Å². The van der Waals surface area contributed by atoms with Crippen molar-refractivity contribution in [1.29, 1.82) is 0 Å². The highest BCUT2D eigenvalue weighted by molar-refractivity contribution is 7.89. The summed E-state index contributed by atoms with van der Waals surface area (Å²) in [6, 6.07) is 18.2. The monoisotopic (exact) mass is 630 g/mol. The van der Waals surface area contributed by atoms with Crippen molar-refractivity contribution >= 4 is 21.7 Å². The van der Waals surface area contributed by atoms with Crippen LogP contribution in [0.2, 0.25) is 0 Å². The molecule has 4 rings (SSSR count). The Labute approximate surface area is 258 Å². The van der Waals surface area contributed by atoms with Crippen LogP contribution in [-0.2, 0) is 21.3 Å². The quantitative estimate of drug-likeness (QED) is 0.234. The fourth-order valence-electron chi connectivity index (χ4n) is 4.96. The predicted molar refractivity (Wildman–Crippen MR) is 165 cm³/mol. The third-order valence-corrected chi connectivity index (χ3v) is 9.08. The molecule has 0 spiro atoms. The first kappa shape index (κ1) is 33.3. The van der Waals surface area contributed by atoms with Crippen LogP contribution in [-0.4, -0.2) is 69.8 Å². The zero-order valence-electron chi connectivity index (χ0n) is 25.1. The Morgan fingerprint density at radius 1 is 1.00 bits per heavy atom. The van der Waals surface area contributed by atoms with E-state index in [0.717, 1.165) is 54.5 Å². The number of nitrogens with one attached hydrogen (secondary N) is 1. The van der Waals surface area contributed by atoms with Crippen LogP contribution in [0.25, 0.3) is 0 Å². The van der Waals surface area contributed by atoms with Crippen LogP contribution in [0.4, 0.5) is 19.3 Å². The molecule has 12 heteroatoms. The number of hydrogen-bond donors (Lipinski definition) is 1. The number of likely N-dealkylation sites (tertiary alicyclic amines) is 1. The number of hydrogen-bond acceptors (Lipinski definition) is 6. The fraction of sp³-hybridized carbons (Fsp3) is 0.406. The topological polar surface area (TPSA) is 91.4 Å². The van der Waals surface area contributed by atoms with Gasteiger partial charge in [0.25, 0.3) is 10.0 Å². The van der Waals surface area contributed by atoms with Crippen LogP contribution in [0.3, 0.4) is 0 Å². The van der Waals surface area contributed by atoms with Crippen LogP contribution in [0.15, 0.2) is 77.7 Å². The first-order chi connectivity index (χ1) is 21.2. The molecule has 0 aliphatic carbocycles. The van der Waals surface area contributed by atoms with E-state index in [0.29, 0.717) is 25.3 Å². The molecule has 1 aliphatic rings. The third kappa shape index (κ3) is 8.98. The van der Waals surface area contributed by atoms with Gasteiger partial charge in [-0.15, -0.1) is 0 Å². The number of methoxy groups -OCH3 is 1. The molecule has 0 radical (unpaired) electrons. The van der Waals surface area contributed by atoms with Gasteiger partial charge in [-0.1, -0.05) is 43.7 Å². The summed E-state index contributed by atoms with van der Waals surface area (Å²) in [5.74, 6) is -1.06. The normalized spacial score (nSPS) is 14.5. The van der Waals surface area contributed by atoms with Crippen LogP contribution >= 0.6 is 0 Å². The molecule has 3 aromatic rings. The van der Waals surface area contributed by atoms with Crippen molar-refractivity contribution < 1.29 is 31.6 Å². The second-order valence-electron chi connectivity index (χ2n) is 10.7. The van der Waals surface area contributed by atoms with Crippen molar-refractivity contribution in [2.75, 3.05) is 44.8 Å². The van der Waals surface area contributed by atoms with E-state index in [-0.39, 0.29) is 35.8 Å². The van der Waals surface area contributed by atoms with Crippen molar-refractivity contribution in [2.24, 2.45) is 0 Å². The molecular formula is C32H40F2N4O5S. The molecule has 0 saturated carbocycles. The van der Waals surface area contributed by atoms with Crippen LogP contribution in [0, 0.1) is 11.6 Å². The Morgan fingerprint density at radius 2 is 1.70 bits per heavy atom. The van der Waals surface area contributed by atoms with E-state index in [4.69, 9.17) is 9.57 Å². The third-order valence-electron chi connectivity index (χ3n) is 7.42. The smallest absolute Gasteiger partial charge is 0.322 e. The molecule has 2 amide bonds. The van der Waals surface area contributed by atoms with Crippen molar-refractivity contribution in [3.05, 3.63) is 90.0 Å². The first-order valence-corrected chi connectivity index (χ1v) is 16.2. The molecule has 1 N–H and O–H groups in total. The van der Waals surface area contributed by atoms with Gasteiger partial charge in [-0.2, -0.15) is 0 Å². The van der Waals surface area contributed by atoms with Gasteiger partial charge in [0.05, 0.1) is 23.7 Å². The van der Waals surface area contributed by atoms with E-state index in [1.807, 2.05) is 19.1 Å². The highest BCUT2D eigenvalue weighted by Crippen LogP contribution is 2.23. The molecule has 1 heterocycles. The Bertz CT molecular complexity index is 1450. The summed E-state index contributed by atoms with van der Waals surface area (Å²) in [6.45, 7) is 4.70. The number of amides is 2. The van der Waals surface area contributed by atoms with Crippen LogP contribution < -0.4 is 15.1 Å². The standard InChI is InChI=1S/C32H40F2N4O5S/c1-3-4-18-37(31-15-12-26(33)23-30(31)34)32(39)35-27-16-19-36(20-17-27)24-25-10-13-28(14-11-25)43-38(21-22-42-2)44(40,41)29-8-6-5-7-9-29/h5-15,23,27H,3-4,16-22,24H2,1-2H3,(H,35,39). The minimum absolute atomic E-state index is 0.0240. The molecule has 44 heavy (non-hydrogen) atoms. The van der Waals surface area contributed by atoms with Gasteiger partial charge in [0.2, 0.25) is 0 Å². The second-order valence-corrected chi connectivity index (χ2v) is 12.5. The average molecular weight is 631 g/mol. The molecule has 0 atom stereocenters. The number of benzene rings is 3. The maximum atomic E-state index is 14.5. The largest absolute Gasteiger partial charge is 0.391 e. The number of nitrogens with zero attached hydrogens (tertiary/aromatic N) is 3. The van der Waals surface area contributed by atoms with Gasteiger partial charge in [0.1, 0.15) is 17.4 Å². The number of carbonyl (C=O) groups is 1. The fourth-order valence-corrected chi connectivity index (χ4v) is 6.19. The highest BCUT2D eigenvalue weighted by Gasteiger charge is 2.27. The minimum Gasteiger partial charge on any atom is -0.391 e. The average Bonchev–Trinajstić information content (AvgIpc) is 3.02. The van der Waals surface area contributed by atoms with E-state index in [1.54, 1.807) is 30.3 Å². The molecule has 1 saturated heterocycles. The van der Waals surface area contributed by atoms with Gasteiger partial charge < -0.3 is 14.9 Å². The Hall–Kier alpha value is -3.58. The van der Waals surface area contributed by atoms with Crippen molar-refractivity contribution in [3.8, 4) is 5.75 Å². The number of hydroxylamine groups is 1. The van der Waals surface area contributed by atoms with Gasteiger partial charge in [0.15, 0.2) is 0 Å². The molecular weight excluding hydrogens is 590 g/mol. The van der Waals surface area contributed by atoms with E-state index in [1.165, 1.54) is 30.2 Å². The minimum atomic E-state index is -3.89. The van der Waals surface area contributed by atoms with E-state index < -0.39 is 21.7 Å². The molecule has 0 bridgehead atoms. The number of urea groups is 1. The van der Waals surface area contributed by atoms with Crippen LogP contribution in [0.1, 0.15) is 38.2 Å². The van der Waals surface area contributed by atoms with Crippen molar-refractivity contribution in [2.45, 2.75) is 50.1 Å². The number of unbranched alkanes of at least 4 members (excludes halogenated alkanes) is 1. The van der Waals surface area contributed by atoms with Gasteiger partial charge in [0, 0.05) is 45.4 Å². The number of sulfonamides is 1. The molecule has 9 nitrogen and oxygen atoms in total. The Balaban J connectivity index is 1.30. The second kappa shape index (κ2) is 15.9. The highest BCUT2D eigenvalue weighted by atomic mass is 32.2.